The van der Waals surface area contributed by atoms with Crippen molar-refractivity contribution >= 4 is 56.1 Å². The summed E-state index contributed by atoms with van der Waals surface area (Å²) in [7, 11) is 3.45. The zero-order valence-corrected chi connectivity index (χ0v) is 23.8. The van der Waals surface area contributed by atoms with Gasteiger partial charge in [-0.15, -0.1) is 11.3 Å². The number of aliphatic imine (C=N–C) groups is 1. The lowest BCUT2D eigenvalue weighted by molar-refractivity contribution is -0.139. The molecule has 0 bridgehead atoms. The number of rotatable bonds is 11. The van der Waals surface area contributed by atoms with E-state index in [-0.39, 0.29) is 31.6 Å². The van der Waals surface area contributed by atoms with Crippen LogP contribution in [-0.2, 0) is 14.3 Å². The fraction of sp³-hybridized carbons (Fsp3) is 0.462. The van der Waals surface area contributed by atoms with Gasteiger partial charge in [0.1, 0.15) is 6.04 Å². The summed E-state index contributed by atoms with van der Waals surface area (Å²) in [6, 6.07) is 3.91. The van der Waals surface area contributed by atoms with Crippen LogP contribution in [0.25, 0.3) is 0 Å². The van der Waals surface area contributed by atoms with E-state index in [2.05, 4.69) is 20.5 Å². The Kier molecular flexibility index (Phi) is 9.52. The molecule has 1 saturated heterocycles. The lowest BCUT2D eigenvalue weighted by Crippen LogP contribution is -2.41. The van der Waals surface area contributed by atoms with Gasteiger partial charge in [-0.2, -0.15) is 0 Å². The zero-order valence-electron chi connectivity index (χ0n) is 21.3. The van der Waals surface area contributed by atoms with Gasteiger partial charge < -0.3 is 15.2 Å². The van der Waals surface area contributed by atoms with Crippen LogP contribution in [-0.4, -0.2) is 74.7 Å². The van der Waals surface area contributed by atoms with E-state index in [4.69, 9.17) is 26.4 Å². The van der Waals surface area contributed by atoms with Crippen LogP contribution in [0.2, 0.25) is 5.02 Å². The summed E-state index contributed by atoms with van der Waals surface area (Å²) in [6.45, 7) is 1.34. The molecule has 0 unspecified atom stereocenters. The molecule has 2 aliphatic heterocycles. The van der Waals surface area contributed by atoms with Gasteiger partial charge in [0.2, 0.25) is 0 Å². The number of aromatic nitrogens is 1. The number of carbonyl (C=O) groups excluding carboxylic acids is 1. The molecule has 1 aromatic heterocycles. The third-order valence-electron chi connectivity index (χ3n) is 6.58. The van der Waals surface area contributed by atoms with E-state index in [1.807, 2.05) is 0 Å². The number of aliphatic carboxylic acids is 1. The number of hydrogen-bond donors (Lipinski definition) is 2. The maximum atomic E-state index is 14.6. The summed E-state index contributed by atoms with van der Waals surface area (Å²) in [6.07, 6.45) is 2.61. The third-order valence-corrected chi connectivity index (χ3v) is 7.99. The molecule has 2 aliphatic rings. The predicted octanol–water partition coefficient (Wildman–Crippen LogP) is 3.85. The Hall–Kier alpha value is -2.67. The lowest BCUT2D eigenvalue weighted by Gasteiger charge is -2.31. The SMILES string of the molecule is CCOC(=O)C1=C(CN2CC(F)(F)C[C@H]2CCCCC(=O)O)NC(c2nccs2)=N[C@H]1c1ccc([Si])cc1Cl. The number of unbranched alkanes of at least 4 members (excludes halogenated alkanes) is 1. The molecular formula is C26H28ClF2N4O4SSi. The average molecular weight is 594 g/mol. The van der Waals surface area contributed by atoms with Gasteiger partial charge in [-0.3, -0.25) is 14.7 Å². The lowest BCUT2D eigenvalue weighted by atomic mass is 9.95. The Morgan fingerprint density at radius 2 is 2.15 bits per heavy atom. The van der Waals surface area contributed by atoms with Crippen molar-refractivity contribution in [2.24, 2.45) is 4.99 Å². The predicted molar refractivity (Wildman–Crippen MR) is 146 cm³/mol. The number of nitrogens with zero attached hydrogens (tertiary/aromatic N) is 3. The van der Waals surface area contributed by atoms with Crippen LogP contribution in [0.5, 0.6) is 0 Å². The first-order valence-electron chi connectivity index (χ1n) is 12.6. The van der Waals surface area contributed by atoms with Gasteiger partial charge in [-0.1, -0.05) is 35.3 Å². The first-order chi connectivity index (χ1) is 18.6. The molecule has 3 radical (unpaired) electrons. The first-order valence-corrected chi connectivity index (χ1v) is 14.3. The van der Waals surface area contributed by atoms with Crippen LogP contribution in [0.4, 0.5) is 8.78 Å². The minimum Gasteiger partial charge on any atom is -0.481 e. The van der Waals surface area contributed by atoms with Crippen molar-refractivity contribution in [1.29, 1.82) is 0 Å². The number of carboxylic acid groups (broad SMARTS) is 1. The number of amidine groups is 1. The van der Waals surface area contributed by atoms with Crippen molar-refractivity contribution in [2.75, 3.05) is 19.7 Å². The largest absolute Gasteiger partial charge is 0.481 e. The van der Waals surface area contributed by atoms with Gasteiger partial charge in [0.25, 0.3) is 5.92 Å². The third kappa shape index (κ3) is 7.30. The topological polar surface area (TPSA) is 104 Å². The number of carbonyl (C=O) groups is 2. The van der Waals surface area contributed by atoms with Crippen molar-refractivity contribution in [2.45, 2.75) is 57.0 Å². The Bertz CT molecular complexity index is 1270. The minimum atomic E-state index is -2.91. The number of carboxylic acids is 1. The molecule has 39 heavy (non-hydrogen) atoms. The molecule has 8 nitrogen and oxygen atoms in total. The monoisotopic (exact) mass is 593 g/mol. The fourth-order valence-electron chi connectivity index (χ4n) is 4.89. The number of benzene rings is 1. The Labute approximate surface area is 237 Å². The maximum Gasteiger partial charge on any atom is 0.338 e. The van der Waals surface area contributed by atoms with Crippen molar-refractivity contribution < 1.29 is 28.2 Å². The van der Waals surface area contributed by atoms with E-state index >= 15 is 0 Å². The number of nitrogens with one attached hydrogen (secondary N) is 1. The molecule has 0 amide bonds. The number of esters is 1. The van der Waals surface area contributed by atoms with Crippen LogP contribution >= 0.6 is 22.9 Å². The zero-order chi connectivity index (χ0) is 28.2. The normalized spacial score (nSPS) is 21.0. The number of hydrogen-bond acceptors (Lipinski definition) is 8. The molecular weight excluding hydrogens is 566 g/mol. The number of likely N-dealkylation sites (tertiary alicyclic amines) is 1. The highest BCUT2D eigenvalue weighted by molar-refractivity contribution is 7.11. The smallest absolute Gasteiger partial charge is 0.338 e. The van der Waals surface area contributed by atoms with Crippen LogP contribution < -0.4 is 10.5 Å². The molecule has 13 heteroatoms. The Balaban J connectivity index is 1.73. The first kappa shape index (κ1) is 29.3. The molecule has 4 rings (SSSR count). The second-order valence-corrected chi connectivity index (χ2v) is 11.3. The molecule has 0 spiro atoms. The van der Waals surface area contributed by atoms with Crippen LogP contribution in [0, 0.1) is 0 Å². The maximum absolute atomic E-state index is 14.6. The molecule has 0 saturated carbocycles. The minimum absolute atomic E-state index is 0.00797. The summed E-state index contributed by atoms with van der Waals surface area (Å²) in [4.78, 5) is 35.0. The number of alkyl halides is 2. The number of thiazole rings is 1. The van der Waals surface area contributed by atoms with Crippen molar-refractivity contribution in [3.05, 3.63) is 56.6 Å². The number of ether oxygens (including phenoxy) is 1. The summed E-state index contributed by atoms with van der Waals surface area (Å²) in [5.41, 5.74) is 1.15. The van der Waals surface area contributed by atoms with Gasteiger partial charge in [0.15, 0.2) is 10.8 Å². The van der Waals surface area contributed by atoms with E-state index in [1.54, 1.807) is 41.6 Å². The highest BCUT2D eigenvalue weighted by atomic mass is 35.5. The Morgan fingerprint density at radius 3 is 2.82 bits per heavy atom. The van der Waals surface area contributed by atoms with E-state index in [1.165, 1.54) is 11.3 Å². The second kappa shape index (κ2) is 12.7. The highest BCUT2D eigenvalue weighted by Crippen LogP contribution is 2.39. The van der Waals surface area contributed by atoms with Crippen molar-refractivity contribution in [3.8, 4) is 0 Å². The molecule has 3 heterocycles. The average Bonchev–Trinajstić information content (AvgIpc) is 3.49. The summed E-state index contributed by atoms with van der Waals surface area (Å²) >= 11 is 7.94. The van der Waals surface area contributed by atoms with Crippen LogP contribution in [0.1, 0.15) is 55.6 Å². The highest BCUT2D eigenvalue weighted by Gasteiger charge is 2.45. The standard InChI is InChI=1S/C26H28ClF2N4O4SSi/c1-2-37-25(36)21-19(13-33-14-26(28,29)12-15(33)5-3-4-6-20(34)35)31-23(24-30-9-10-38-24)32-22(21)17-8-7-16(39)11-18(17)27/h7-11,15,22H,2-6,12-14H2,1H3,(H,31,32)(H,34,35)/t15-,22+/m1/s1. The van der Waals surface area contributed by atoms with Crippen LogP contribution in [0.3, 0.4) is 0 Å². The molecule has 2 aromatic rings. The summed E-state index contributed by atoms with van der Waals surface area (Å²) in [5.74, 6) is -4.03. The molecule has 207 valence electrons. The fourth-order valence-corrected chi connectivity index (χ4v) is 6.08. The van der Waals surface area contributed by atoms with Crippen molar-refractivity contribution in [3.63, 3.8) is 0 Å². The molecule has 1 aromatic carbocycles. The van der Waals surface area contributed by atoms with Gasteiger partial charge >= 0.3 is 11.9 Å². The van der Waals surface area contributed by atoms with E-state index < -0.39 is 36.5 Å². The summed E-state index contributed by atoms with van der Waals surface area (Å²) < 4.78 is 34.6. The van der Waals surface area contributed by atoms with Gasteiger partial charge in [0.05, 0.1) is 29.0 Å². The molecule has 1 fully saturated rings. The molecule has 2 atom stereocenters. The quantitative estimate of drug-likeness (QED) is 0.232. The second-order valence-electron chi connectivity index (χ2n) is 9.45. The van der Waals surface area contributed by atoms with Crippen molar-refractivity contribution in [1.82, 2.24) is 15.2 Å². The van der Waals surface area contributed by atoms with E-state index in [0.29, 0.717) is 46.4 Å². The van der Waals surface area contributed by atoms with E-state index in [0.717, 1.165) is 5.19 Å². The Morgan fingerprint density at radius 1 is 1.36 bits per heavy atom. The van der Waals surface area contributed by atoms with Gasteiger partial charge in [-0.05, 0) is 25.8 Å². The van der Waals surface area contributed by atoms with Gasteiger partial charge in [-0.25, -0.2) is 18.6 Å². The van der Waals surface area contributed by atoms with Gasteiger partial charge in [0, 0.05) is 53.3 Å². The van der Waals surface area contributed by atoms with E-state index in [9.17, 15) is 18.4 Å². The molecule has 0 aliphatic carbocycles. The summed E-state index contributed by atoms with van der Waals surface area (Å²) in [5, 5.41) is 15.6. The molecule has 2 N–H and O–H groups in total. The number of halogens is 3. The van der Waals surface area contributed by atoms with Crippen LogP contribution in [0.15, 0.2) is 46.0 Å².